The lowest BCUT2D eigenvalue weighted by Gasteiger charge is -2.01. The summed E-state index contributed by atoms with van der Waals surface area (Å²) >= 11 is 0.850. The number of benzene rings is 1. The van der Waals surface area contributed by atoms with E-state index < -0.39 is 10.0 Å². The first-order valence-electron chi connectivity index (χ1n) is 6.78. The monoisotopic (exact) mass is 350 g/mol. The average Bonchev–Trinajstić information content (AvgIpc) is 3.13. The fourth-order valence-electron chi connectivity index (χ4n) is 2.10. The van der Waals surface area contributed by atoms with Crippen LogP contribution in [0.4, 0.5) is 0 Å². The summed E-state index contributed by atoms with van der Waals surface area (Å²) < 4.78 is 22.4. The summed E-state index contributed by atoms with van der Waals surface area (Å²) in [4.78, 5) is 19.9. The molecule has 3 aromatic rings. The highest BCUT2D eigenvalue weighted by molar-refractivity contribution is 7.91. The Morgan fingerprint density at radius 2 is 2.04 bits per heavy atom. The quantitative estimate of drug-likeness (QED) is 0.641. The summed E-state index contributed by atoms with van der Waals surface area (Å²) in [6.45, 7) is 0.390. The molecule has 9 heteroatoms. The van der Waals surface area contributed by atoms with Crippen LogP contribution in [0, 0.1) is 0 Å². The number of nitrogens with zero attached hydrogens (tertiary/aromatic N) is 1. The summed E-state index contributed by atoms with van der Waals surface area (Å²) in [5.41, 5.74) is 1.83. The second-order valence-corrected chi connectivity index (χ2v) is 7.74. The minimum Gasteiger partial charge on any atom is -0.351 e. The number of thiophene rings is 1. The second kappa shape index (κ2) is 6.11. The Morgan fingerprint density at radius 1 is 1.26 bits per heavy atom. The van der Waals surface area contributed by atoms with Gasteiger partial charge in [-0.05, 0) is 24.3 Å². The molecule has 2 aromatic heterocycles. The Labute approximate surface area is 136 Å². The van der Waals surface area contributed by atoms with Crippen molar-refractivity contribution >= 4 is 38.3 Å². The molecule has 0 fully saturated rings. The first kappa shape index (κ1) is 15.7. The average molecular weight is 350 g/mol. The second-order valence-electron chi connectivity index (χ2n) is 4.87. The van der Waals surface area contributed by atoms with E-state index in [-0.39, 0.29) is 10.1 Å². The number of nitrogens with two attached hydrogens (primary N) is 1. The SMILES string of the molecule is NS(=O)(=O)c1ccc(C(=O)NCCc2nc3ccccc3[nH]2)s1. The molecule has 0 atom stereocenters. The number of hydrogen-bond acceptors (Lipinski definition) is 5. The Morgan fingerprint density at radius 3 is 2.74 bits per heavy atom. The number of nitrogens with one attached hydrogen (secondary N) is 2. The fourth-order valence-corrected chi connectivity index (χ4v) is 3.75. The van der Waals surface area contributed by atoms with Gasteiger partial charge >= 0.3 is 0 Å². The molecule has 4 N–H and O–H groups in total. The Balaban J connectivity index is 1.59. The molecule has 23 heavy (non-hydrogen) atoms. The van der Waals surface area contributed by atoms with Gasteiger partial charge in [-0.3, -0.25) is 4.79 Å². The normalized spacial score (nSPS) is 11.7. The minimum absolute atomic E-state index is 0.0278. The zero-order valence-electron chi connectivity index (χ0n) is 11.9. The maximum absolute atomic E-state index is 12.0. The largest absolute Gasteiger partial charge is 0.351 e. The molecule has 0 unspecified atom stereocenters. The maximum Gasteiger partial charge on any atom is 0.261 e. The number of imidazole rings is 1. The molecule has 0 spiro atoms. The predicted molar refractivity (Wildman–Crippen MR) is 87.8 cm³/mol. The lowest BCUT2D eigenvalue weighted by Crippen LogP contribution is -2.25. The van der Waals surface area contributed by atoms with Crippen LogP contribution >= 0.6 is 11.3 Å². The Bertz CT molecular complexity index is 926. The number of fused-ring (bicyclic) bond motifs is 1. The van der Waals surface area contributed by atoms with Gasteiger partial charge < -0.3 is 10.3 Å². The van der Waals surface area contributed by atoms with Gasteiger partial charge in [0.2, 0.25) is 10.0 Å². The van der Waals surface area contributed by atoms with E-state index >= 15 is 0 Å². The first-order valence-corrected chi connectivity index (χ1v) is 9.14. The third-order valence-electron chi connectivity index (χ3n) is 3.17. The molecular formula is C14H14N4O3S2. The fraction of sp³-hybridized carbons (Fsp3) is 0.143. The zero-order chi connectivity index (χ0) is 16.4. The number of carbonyl (C=O) groups excluding carboxylic acids is 1. The lowest BCUT2D eigenvalue weighted by atomic mass is 10.3. The van der Waals surface area contributed by atoms with Gasteiger partial charge in [0.25, 0.3) is 5.91 Å². The van der Waals surface area contributed by atoms with Crippen LogP contribution in [0.1, 0.15) is 15.5 Å². The van der Waals surface area contributed by atoms with Crippen molar-refractivity contribution in [2.75, 3.05) is 6.54 Å². The van der Waals surface area contributed by atoms with E-state index in [9.17, 15) is 13.2 Å². The third kappa shape index (κ3) is 3.58. The zero-order valence-corrected chi connectivity index (χ0v) is 13.6. The number of amides is 1. The molecule has 0 bridgehead atoms. The summed E-state index contributed by atoms with van der Waals surface area (Å²) in [7, 11) is -3.77. The van der Waals surface area contributed by atoms with Crippen molar-refractivity contribution in [2.45, 2.75) is 10.6 Å². The summed E-state index contributed by atoms with van der Waals surface area (Å²) in [6, 6.07) is 10.5. The molecule has 1 amide bonds. The molecule has 0 aliphatic heterocycles. The third-order valence-corrected chi connectivity index (χ3v) is 5.69. The van der Waals surface area contributed by atoms with Gasteiger partial charge in [0.15, 0.2) is 0 Å². The standard InChI is InChI=1S/C14H14N4O3S2/c15-23(20,21)13-6-5-11(22-13)14(19)16-8-7-12-17-9-3-1-2-4-10(9)18-12/h1-6H,7-8H2,(H,16,19)(H,17,18)(H2,15,20,21). The van der Waals surface area contributed by atoms with Gasteiger partial charge in [0.1, 0.15) is 10.0 Å². The van der Waals surface area contributed by atoms with Crippen molar-refractivity contribution in [1.82, 2.24) is 15.3 Å². The molecule has 0 aliphatic carbocycles. The van der Waals surface area contributed by atoms with Crippen LogP contribution in [0.2, 0.25) is 0 Å². The van der Waals surface area contributed by atoms with E-state index in [0.29, 0.717) is 17.8 Å². The summed E-state index contributed by atoms with van der Waals surface area (Å²) in [5, 5.41) is 7.75. The highest BCUT2D eigenvalue weighted by Crippen LogP contribution is 2.20. The van der Waals surface area contributed by atoms with E-state index in [1.54, 1.807) is 0 Å². The molecule has 1 aromatic carbocycles. The van der Waals surface area contributed by atoms with Crippen molar-refractivity contribution in [1.29, 1.82) is 0 Å². The van der Waals surface area contributed by atoms with Crippen molar-refractivity contribution in [3.63, 3.8) is 0 Å². The Kier molecular flexibility index (Phi) is 4.16. The number of H-pyrrole nitrogens is 1. The molecule has 7 nitrogen and oxygen atoms in total. The number of hydrogen-bond donors (Lipinski definition) is 3. The highest BCUT2D eigenvalue weighted by atomic mass is 32.2. The van der Waals surface area contributed by atoms with Crippen LogP contribution in [0.15, 0.2) is 40.6 Å². The van der Waals surface area contributed by atoms with Crippen molar-refractivity contribution in [2.24, 2.45) is 5.14 Å². The minimum atomic E-state index is -3.77. The van der Waals surface area contributed by atoms with E-state index in [1.165, 1.54) is 12.1 Å². The maximum atomic E-state index is 12.0. The number of primary sulfonamides is 1. The van der Waals surface area contributed by atoms with Gasteiger partial charge in [0.05, 0.1) is 15.9 Å². The van der Waals surface area contributed by atoms with Gasteiger partial charge in [-0.1, -0.05) is 12.1 Å². The number of rotatable bonds is 5. The molecule has 0 saturated heterocycles. The summed E-state index contributed by atoms with van der Waals surface area (Å²) in [5.74, 6) is 0.448. The summed E-state index contributed by atoms with van der Waals surface area (Å²) in [6.07, 6.45) is 0.549. The van der Waals surface area contributed by atoms with Crippen molar-refractivity contribution in [3.05, 3.63) is 47.1 Å². The molecule has 0 saturated carbocycles. The highest BCUT2D eigenvalue weighted by Gasteiger charge is 2.15. The van der Waals surface area contributed by atoms with Crippen molar-refractivity contribution < 1.29 is 13.2 Å². The number of aromatic amines is 1. The van der Waals surface area contributed by atoms with E-state index in [0.717, 1.165) is 28.2 Å². The van der Waals surface area contributed by atoms with E-state index in [1.807, 2.05) is 24.3 Å². The molecule has 2 heterocycles. The van der Waals surface area contributed by atoms with Gasteiger partial charge in [0, 0.05) is 13.0 Å². The molecule has 120 valence electrons. The smallest absolute Gasteiger partial charge is 0.261 e. The van der Waals surface area contributed by atoms with Crippen LogP contribution in [0.3, 0.4) is 0 Å². The van der Waals surface area contributed by atoms with Crippen LogP contribution in [-0.2, 0) is 16.4 Å². The molecular weight excluding hydrogens is 336 g/mol. The molecule has 3 rings (SSSR count). The van der Waals surface area contributed by atoms with E-state index in [2.05, 4.69) is 15.3 Å². The molecule has 0 radical (unpaired) electrons. The molecule has 0 aliphatic rings. The Hall–Kier alpha value is -2.23. The van der Waals surface area contributed by atoms with E-state index in [4.69, 9.17) is 5.14 Å². The topological polar surface area (TPSA) is 118 Å². The van der Waals surface area contributed by atoms with Gasteiger partial charge in [-0.2, -0.15) is 0 Å². The number of sulfonamides is 1. The van der Waals surface area contributed by atoms with Crippen LogP contribution in [-0.4, -0.2) is 30.8 Å². The van der Waals surface area contributed by atoms with Gasteiger partial charge in [-0.25, -0.2) is 18.5 Å². The number of carbonyl (C=O) groups is 1. The number of aromatic nitrogens is 2. The van der Waals surface area contributed by atoms with Gasteiger partial charge in [-0.15, -0.1) is 11.3 Å². The van der Waals surface area contributed by atoms with Crippen LogP contribution in [0.25, 0.3) is 11.0 Å². The van der Waals surface area contributed by atoms with Crippen molar-refractivity contribution in [3.8, 4) is 0 Å². The first-order chi connectivity index (χ1) is 10.9. The van der Waals surface area contributed by atoms with Crippen LogP contribution < -0.4 is 10.5 Å². The predicted octanol–water partition coefficient (Wildman–Crippen LogP) is 1.24. The lowest BCUT2D eigenvalue weighted by molar-refractivity contribution is 0.0958. The number of para-hydroxylation sites is 2. The van der Waals surface area contributed by atoms with Crippen LogP contribution in [0.5, 0.6) is 0 Å².